The predicted octanol–water partition coefficient (Wildman–Crippen LogP) is -0.351. The summed E-state index contributed by atoms with van der Waals surface area (Å²) in [6.45, 7) is 2.44. The topological polar surface area (TPSA) is 57.6 Å². The van der Waals surface area contributed by atoms with Gasteiger partial charge in [-0.2, -0.15) is 4.31 Å². The van der Waals surface area contributed by atoms with Crippen molar-refractivity contribution in [2.45, 2.75) is 19.4 Å². The van der Waals surface area contributed by atoms with Crippen LogP contribution in [-0.4, -0.2) is 43.3 Å². The lowest BCUT2D eigenvalue weighted by Gasteiger charge is -2.22. The lowest BCUT2D eigenvalue weighted by atomic mass is 10.0. The van der Waals surface area contributed by atoms with Crippen LogP contribution < -0.4 is 0 Å². The third kappa shape index (κ3) is 1.78. The van der Waals surface area contributed by atoms with Gasteiger partial charge in [0.25, 0.3) is 0 Å². The number of hydrogen-bond donors (Lipinski definition) is 1. The van der Waals surface area contributed by atoms with Gasteiger partial charge < -0.3 is 5.11 Å². The van der Waals surface area contributed by atoms with Crippen LogP contribution in [0.1, 0.15) is 13.3 Å². The molecule has 0 spiro atoms. The second kappa shape index (κ2) is 3.32. The molecule has 2 atom stereocenters. The van der Waals surface area contributed by atoms with Gasteiger partial charge in [0.15, 0.2) is 0 Å². The SMILES string of the molecule is CC1CCN(S(C)(=O)=O)C1CO. The molecule has 4 nitrogen and oxygen atoms in total. The van der Waals surface area contributed by atoms with Crippen LogP contribution in [-0.2, 0) is 10.0 Å². The van der Waals surface area contributed by atoms with Crippen molar-refractivity contribution in [3.8, 4) is 0 Å². The summed E-state index contributed by atoms with van der Waals surface area (Å²) < 4.78 is 23.7. The molecule has 0 aromatic carbocycles. The van der Waals surface area contributed by atoms with Crippen molar-refractivity contribution in [1.82, 2.24) is 4.31 Å². The Bertz CT molecular complexity index is 249. The maximum absolute atomic E-state index is 11.2. The van der Waals surface area contributed by atoms with Crippen molar-refractivity contribution >= 4 is 10.0 Å². The molecule has 0 aromatic heterocycles. The smallest absolute Gasteiger partial charge is 0.211 e. The van der Waals surface area contributed by atoms with Gasteiger partial charge in [0, 0.05) is 6.54 Å². The average molecular weight is 193 g/mol. The first-order valence-corrected chi connectivity index (χ1v) is 5.89. The van der Waals surface area contributed by atoms with Crippen molar-refractivity contribution in [2.24, 2.45) is 5.92 Å². The van der Waals surface area contributed by atoms with E-state index >= 15 is 0 Å². The van der Waals surface area contributed by atoms with Crippen molar-refractivity contribution in [3.05, 3.63) is 0 Å². The first kappa shape index (κ1) is 9.95. The Balaban J connectivity index is 2.81. The third-order valence-electron chi connectivity index (χ3n) is 2.44. The number of rotatable bonds is 2. The van der Waals surface area contributed by atoms with Crippen molar-refractivity contribution < 1.29 is 13.5 Å². The lowest BCUT2D eigenvalue weighted by molar-refractivity contribution is 0.191. The van der Waals surface area contributed by atoms with E-state index in [0.717, 1.165) is 6.42 Å². The van der Waals surface area contributed by atoms with Crippen LogP contribution in [0, 0.1) is 5.92 Å². The Kier molecular flexibility index (Phi) is 2.75. The summed E-state index contributed by atoms with van der Waals surface area (Å²) in [7, 11) is -3.12. The Labute approximate surface area is 73.2 Å². The highest BCUT2D eigenvalue weighted by Crippen LogP contribution is 2.25. The molecule has 1 rings (SSSR count). The summed E-state index contributed by atoms with van der Waals surface area (Å²) in [5.41, 5.74) is 0. The summed E-state index contributed by atoms with van der Waals surface area (Å²) in [6, 6.07) is -0.208. The van der Waals surface area contributed by atoms with E-state index in [0.29, 0.717) is 6.54 Å². The molecule has 2 unspecified atom stereocenters. The number of aliphatic hydroxyl groups is 1. The van der Waals surface area contributed by atoms with Crippen molar-refractivity contribution in [3.63, 3.8) is 0 Å². The largest absolute Gasteiger partial charge is 0.395 e. The van der Waals surface area contributed by atoms with Gasteiger partial charge in [-0.3, -0.25) is 0 Å². The summed E-state index contributed by atoms with van der Waals surface area (Å²) in [5.74, 6) is 0.268. The molecule has 0 radical (unpaired) electrons. The van der Waals surface area contributed by atoms with Crippen LogP contribution in [0.5, 0.6) is 0 Å². The maximum atomic E-state index is 11.2. The minimum Gasteiger partial charge on any atom is -0.395 e. The fraction of sp³-hybridized carbons (Fsp3) is 1.00. The van der Waals surface area contributed by atoms with Gasteiger partial charge in [-0.05, 0) is 12.3 Å². The molecule has 1 N–H and O–H groups in total. The van der Waals surface area contributed by atoms with Gasteiger partial charge in [-0.15, -0.1) is 0 Å². The van der Waals surface area contributed by atoms with E-state index in [1.807, 2.05) is 6.92 Å². The van der Waals surface area contributed by atoms with Crippen molar-refractivity contribution in [1.29, 1.82) is 0 Å². The van der Waals surface area contributed by atoms with Gasteiger partial charge in [-0.1, -0.05) is 6.92 Å². The maximum Gasteiger partial charge on any atom is 0.211 e. The van der Waals surface area contributed by atoms with E-state index in [-0.39, 0.29) is 18.6 Å². The highest BCUT2D eigenvalue weighted by Gasteiger charge is 2.35. The Morgan fingerprint density at radius 3 is 2.50 bits per heavy atom. The molecule has 0 aliphatic carbocycles. The summed E-state index contributed by atoms with van der Waals surface area (Å²) in [6.07, 6.45) is 2.03. The molecule has 1 heterocycles. The fourth-order valence-electron chi connectivity index (χ4n) is 1.66. The Morgan fingerprint density at radius 1 is 1.58 bits per heavy atom. The van der Waals surface area contributed by atoms with Gasteiger partial charge >= 0.3 is 0 Å². The zero-order chi connectivity index (χ0) is 9.35. The van der Waals surface area contributed by atoms with E-state index in [9.17, 15) is 8.42 Å². The van der Waals surface area contributed by atoms with Crippen LogP contribution >= 0.6 is 0 Å². The molecule has 72 valence electrons. The number of nitrogens with zero attached hydrogens (tertiary/aromatic N) is 1. The molecule has 1 aliphatic rings. The van der Waals surface area contributed by atoms with E-state index in [2.05, 4.69) is 0 Å². The number of aliphatic hydroxyl groups excluding tert-OH is 1. The van der Waals surface area contributed by atoms with E-state index in [1.54, 1.807) is 0 Å². The Morgan fingerprint density at radius 2 is 2.17 bits per heavy atom. The third-order valence-corrected chi connectivity index (χ3v) is 3.75. The quantitative estimate of drug-likeness (QED) is 0.652. The minimum atomic E-state index is -3.12. The predicted molar refractivity (Wildman–Crippen MR) is 46.2 cm³/mol. The fourth-order valence-corrected chi connectivity index (χ4v) is 2.86. The average Bonchev–Trinajstić information content (AvgIpc) is 2.29. The van der Waals surface area contributed by atoms with Gasteiger partial charge in [-0.25, -0.2) is 8.42 Å². The molecule has 1 aliphatic heterocycles. The van der Waals surface area contributed by atoms with Crippen LogP contribution in [0.3, 0.4) is 0 Å². The summed E-state index contributed by atoms with van der Waals surface area (Å²) >= 11 is 0. The zero-order valence-electron chi connectivity index (χ0n) is 7.40. The first-order valence-electron chi connectivity index (χ1n) is 4.04. The monoisotopic (exact) mass is 193 g/mol. The van der Waals surface area contributed by atoms with Crippen LogP contribution in [0.4, 0.5) is 0 Å². The molecule has 0 aromatic rings. The molecular weight excluding hydrogens is 178 g/mol. The van der Waals surface area contributed by atoms with Crippen LogP contribution in [0.2, 0.25) is 0 Å². The highest BCUT2D eigenvalue weighted by atomic mass is 32.2. The lowest BCUT2D eigenvalue weighted by Crippen LogP contribution is -2.39. The van der Waals surface area contributed by atoms with Gasteiger partial charge in [0.2, 0.25) is 10.0 Å². The second-order valence-electron chi connectivity index (χ2n) is 3.39. The second-order valence-corrected chi connectivity index (χ2v) is 5.32. The van der Waals surface area contributed by atoms with E-state index < -0.39 is 10.0 Å². The summed E-state index contributed by atoms with van der Waals surface area (Å²) in [5, 5.41) is 8.96. The number of sulfonamides is 1. The molecule has 0 saturated carbocycles. The van der Waals surface area contributed by atoms with Crippen LogP contribution in [0.15, 0.2) is 0 Å². The van der Waals surface area contributed by atoms with Gasteiger partial charge in [0.05, 0.1) is 18.9 Å². The zero-order valence-corrected chi connectivity index (χ0v) is 8.21. The van der Waals surface area contributed by atoms with Crippen LogP contribution in [0.25, 0.3) is 0 Å². The molecular formula is C7H15NO3S. The molecule has 0 amide bonds. The molecule has 1 fully saturated rings. The first-order chi connectivity index (χ1) is 5.46. The van der Waals surface area contributed by atoms with E-state index in [4.69, 9.17) is 5.11 Å². The standard InChI is InChI=1S/C7H15NO3S/c1-6-3-4-8(7(6)5-9)12(2,10)11/h6-7,9H,3-5H2,1-2H3. The molecule has 1 saturated heterocycles. The van der Waals surface area contributed by atoms with Gasteiger partial charge in [0.1, 0.15) is 0 Å². The number of hydrogen-bond acceptors (Lipinski definition) is 3. The molecule has 12 heavy (non-hydrogen) atoms. The molecule has 0 bridgehead atoms. The highest BCUT2D eigenvalue weighted by molar-refractivity contribution is 7.88. The molecule has 5 heteroatoms. The van der Waals surface area contributed by atoms with E-state index in [1.165, 1.54) is 10.6 Å². The normalized spacial score (nSPS) is 32.6. The minimum absolute atomic E-state index is 0.0752. The van der Waals surface area contributed by atoms with Crippen molar-refractivity contribution in [2.75, 3.05) is 19.4 Å². The Hall–Kier alpha value is -0.130. The summed E-state index contributed by atoms with van der Waals surface area (Å²) in [4.78, 5) is 0.